The standard InChI is InChI=1S/C25H44N4O5S.C2HF3O2/c26-12-5-4-11-21(25(31)32)28-35(33,34)29-23(13-16-7-2-1-3-8-16)24(30)27-22-15-17-14-20(22)19-10-6-9-18(17)19;3-2(4,5)1(6)7/h16-23,28-29H,1-15,26H2,(H,27,30)(H,31,32);(H,6,7)/t17?,18?,19?,20?,21-,22?,23-;/m0./s1. The van der Waals surface area contributed by atoms with Crippen molar-refractivity contribution in [3.05, 3.63) is 0 Å². The van der Waals surface area contributed by atoms with Crippen molar-refractivity contribution in [3.8, 4) is 0 Å². The third kappa shape index (κ3) is 9.78. The zero-order chi connectivity index (χ0) is 31.1. The lowest BCUT2D eigenvalue weighted by atomic mass is 9.79. The minimum atomic E-state index is -5.08. The van der Waals surface area contributed by atoms with Crippen LogP contribution in [-0.4, -0.2) is 67.3 Å². The Labute approximate surface area is 245 Å². The maximum Gasteiger partial charge on any atom is 0.490 e. The number of carbonyl (C=O) groups is 3. The second-order valence-electron chi connectivity index (χ2n) is 12.3. The smallest absolute Gasteiger partial charge is 0.480 e. The molecule has 4 rings (SSSR count). The third-order valence-electron chi connectivity index (χ3n) is 9.45. The number of aliphatic carboxylic acids is 2. The van der Waals surface area contributed by atoms with Crippen LogP contribution in [0.25, 0.3) is 0 Å². The molecule has 5 unspecified atom stereocenters. The molecule has 0 aromatic carbocycles. The maximum absolute atomic E-state index is 13.5. The zero-order valence-corrected chi connectivity index (χ0v) is 24.6. The number of unbranched alkanes of at least 4 members (excludes halogenated alkanes) is 1. The lowest BCUT2D eigenvalue weighted by Crippen LogP contribution is -2.56. The Hall–Kier alpha value is -1.97. The summed E-state index contributed by atoms with van der Waals surface area (Å²) in [7, 11) is -4.19. The van der Waals surface area contributed by atoms with Crippen LogP contribution < -0.4 is 20.5 Å². The van der Waals surface area contributed by atoms with E-state index in [-0.39, 0.29) is 18.4 Å². The van der Waals surface area contributed by atoms with Crippen molar-refractivity contribution in [1.82, 2.24) is 14.8 Å². The van der Waals surface area contributed by atoms with Gasteiger partial charge in [0.15, 0.2) is 0 Å². The number of nitrogens with one attached hydrogen (secondary N) is 3. The van der Waals surface area contributed by atoms with Crippen LogP contribution in [-0.2, 0) is 24.6 Å². The molecular weight excluding hydrogens is 581 g/mol. The molecule has 4 saturated carbocycles. The Kier molecular flexibility index (Phi) is 12.5. The van der Waals surface area contributed by atoms with Gasteiger partial charge in [0.25, 0.3) is 10.2 Å². The molecule has 11 nitrogen and oxygen atoms in total. The number of rotatable bonds is 13. The molecule has 0 radical (unpaired) electrons. The summed E-state index contributed by atoms with van der Waals surface area (Å²) in [4.78, 5) is 34.0. The van der Waals surface area contributed by atoms with E-state index in [1.54, 1.807) is 0 Å². The van der Waals surface area contributed by atoms with Crippen LogP contribution in [0.3, 0.4) is 0 Å². The van der Waals surface area contributed by atoms with Crippen LogP contribution in [0, 0.1) is 29.6 Å². The summed E-state index contributed by atoms with van der Waals surface area (Å²) >= 11 is 0. The Bertz CT molecular complexity index is 1040. The number of carboxylic acid groups (broad SMARTS) is 2. The van der Waals surface area contributed by atoms with Crippen LogP contribution in [0.15, 0.2) is 0 Å². The summed E-state index contributed by atoms with van der Waals surface area (Å²) in [6.07, 6.45) is 8.05. The normalized spacial score (nSPS) is 28.8. The topological polar surface area (TPSA) is 188 Å². The van der Waals surface area contributed by atoms with Crippen molar-refractivity contribution in [2.75, 3.05) is 6.54 Å². The summed E-state index contributed by atoms with van der Waals surface area (Å²) in [6.45, 7) is 0.422. The van der Waals surface area contributed by atoms with Gasteiger partial charge in [-0.25, -0.2) is 4.79 Å². The summed E-state index contributed by atoms with van der Waals surface area (Å²) < 4.78 is 62.5. The van der Waals surface area contributed by atoms with Crippen molar-refractivity contribution < 1.29 is 46.2 Å². The molecule has 1 amide bonds. The molecule has 0 aromatic rings. The molecule has 42 heavy (non-hydrogen) atoms. The van der Waals surface area contributed by atoms with E-state index in [2.05, 4.69) is 14.8 Å². The molecule has 2 bridgehead atoms. The Balaban J connectivity index is 0.000000616. The Morgan fingerprint density at radius 3 is 2.07 bits per heavy atom. The Morgan fingerprint density at radius 2 is 1.48 bits per heavy atom. The first-order valence-electron chi connectivity index (χ1n) is 15.0. The van der Waals surface area contributed by atoms with Crippen LogP contribution in [0.5, 0.6) is 0 Å². The fourth-order valence-electron chi connectivity index (χ4n) is 7.62. The van der Waals surface area contributed by atoms with Gasteiger partial charge >= 0.3 is 18.1 Å². The number of alkyl halides is 3. The lowest BCUT2D eigenvalue weighted by molar-refractivity contribution is -0.192. The number of amides is 1. The number of hydrogen-bond acceptors (Lipinski definition) is 6. The predicted molar refractivity (Wildman–Crippen MR) is 147 cm³/mol. The third-order valence-corrected chi connectivity index (χ3v) is 10.6. The summed E-state index contributed by atoms with van der Waals surface area (Å²) in [5, 5.41) is 19.9. The molecule has 7 N–H and O–H groups in total. The highest BCUT2D eigenvalue weighted by Gasteiger charge is 2.54. The molecule has 4 aliphatic carbocycles. The highest BCUT2D eigenvalue weighted by atomic mass is 32.2. The first-order valence-corrected chi connectivity index (χ1v) is 16.5. The van der Waals surface area contributed by atoms with E-state index in [1.165, 1.54) is 32.1 Å². The second-order valence-corrected chi connectivity index (χ2v) is 13.8. The van der Waals surface area contributed by atoms with Crippen molar-refractivity contribution in [1.29, 1.82) is 0 Å². The molecular formula is C27H45F3N4O7S. The van der Waals surface area contributed by atoms with E-state index in [4.69, 9.17) is 15.6 Å². The summed E-state index contributed by atoms with van der Waals surface area (Å²) in [5.41, 5.74) is 5.48. The van der Waals surface area contributed by atoms with Gasteiger partial charge in [-0.15, -0.1) is 0 Å². The monoisotopic (exact) mass is 626 g/mol. The predicted octanol–water partition coefficient (Wildman–Crippen LogP) is 2.91. The highest BCUT2D eigenvalue weighted by molar-refractivity contribution is 7.87. The van der Waals surface area contributed by atoms with Gasteiger partial charge < -0.3 is 21.3 Å². The van der Waals surface area contributed by atoms with E-state index in [9.17, 15) is 36.3 Å². The molecule has 4 aliphatic rings. The Morgan fingerprint density at radius 1 is 0.857 bits per heavy atom. The molecule has 0 aromatic heterocycles. The quantitative estimate of drug-likeness (QED) is 0.168. The van der Waals surface area contributed by atoms with E-state index < -0.39 is 40.4 Å². The number of carboxylic acids is 2. The van der Waals surface area contributed by atoms with Gasteiger partial charge in [-0.1, -0.05) is 44.9 Å². The fraction of sp³-hybridized carbons (Fsp3) is 0.889. The number of carbonyl (C=O) groups excluding carboxylic acids is 1. The minimum absolute atomic E-state index is 0.126. The van der Waals surface area contributed by atoms with Crippen LogP contribution in [0.2, 0.25) is 0 Å². The zero-order valence-electron chi connectivity index (χ0n) is 23.8. The van der Waals surface area contributed by atoms with Crippen LogP contribution in [0.1, 0.15) is 89.9 Å². The molecule has 0 aliphatic heterocycles. The molecule has 15 heteroatoms. The van der Waals surface area contributed by atoms with Gasteiger partial charge in [0.05, 0.1) is 0 Å². The number of nitrogens with two attached hydrogens (primary N) is 1. The van der Waals surface area contributed by atoms with Gasteiger partial charge in [0.1, 0.15) is 12.1 Å². The number of halogens is 3. The molecule has 0 heterocycles. The van der Waals surface area contributed by atoms with Gasteiger partial charge in [-0.05, 0) is 81.1 Å². The maximum atomic E-state index is 13.5. The summed E-state index contributed by atoms with van der Waals surface area (Å²) in [6, 6.07) is -2.02. The lowest BCUT2D eigenvalue weighted by Gasteiger charge is -2.34. The molecule has 0 spiro atoms. The SMILES string of the molecule is NCCCC[C@H](NS(=O)(=O)N[C@@H](CC1CCCCC1)C(=O)NC1CC2CC1C1CCCC21)C(=O)O.O=C(O)C(F)(F)F. The van der Waals surface area contributed by atoms with Crippen molar-refractivity contribution in [2.45, 2.75) is 114 Å². The van der Waals surface area contributed by atoms with Gasteiger partial charge in [-0.2, -0.15) is 31.0 Å². The minimum Gasteiger partial charge on any atom is -0.480 e. The average Bonchev–Trinajstić information content (AvgIpc) is 3.62. The average molecular weight is 627 g/mol. The first-order chi connectivity index (χ1) is 19.7. The highest BCUT2D eigenvalue weighted by Crippen LogP contribution is 2.58. The molecule has 242 valence electrons. The van der Waals surface area contributed by atoms with Crippen molar-refractivity contribution >= 4 is 28.1 Å². The second kappa shape index (κ2) is 15.2. The molecule has 4 fully saturated rings. The van der Waals surface area contributed by atoms with E-state index in [0.29, 0.717) is 49.5 Å². The van der Waals surface area contributed by atoms with Gasteiger partial charge in [0, 0.05) is 6.04 Å². The van der Waals surface area contributed by atoms with Crippen LogP contribution >= 0.6 is 0 Å². The van der Waals surface area contributed by atoms with E-state index in [0.717, 1.165) is 38.0 Å². The largest absolute Gasteiger partial charge is 0.490 e. The number of hydrogen-bond donors (Lipinski definition) is 6. The van der Waals surface area contributed by atoms with Crippen molar-refractivity contribution in [3.63, 3.8) is 0 Å². The summed E-state index contributed by atoms with van der Waals surface area (Å²) in [5.74, 6) is -1.22. The fourth-order valence-corrected chi connectivity index (χ4v) is 8.86. The van der Waals surface area contributed by atoms with Gasteiger partial charge in [-0.3, -0.25) is 9.59 Å². The van der Waals surface area contributed by atoms with Crippen molar-refractivity contribution in [2.24, 2.45) is 35.3 Å². The first kappa shape index (κ1) is 34.5. The van der Waals surface area contributed by atoms with E-state index in [1.807, 2.05) is 0 Å². The van der Waals surface area contributed by atoms with Crippen LogP contribution in [0.4, 0.5) is 13.2 Å². The van der Waals surface area contributed by atoms with Gasteiger partial charge in [0.2, 0.25) is 5.91 Å². The van der Waals surface area contributed by atoms with E-state index >= 15 is 0 Å². The number of fused-ring (bicyclic) bond motifs is 5. The molecule has 0 saturated heterocycles. The molecule has 7 atom stereocenters.